The largest absolute Gasteiger partial charge is 0.416 e. The quantitative estimate of drug-likeness (QED) is 0.900. The van der Waals surface area contributed by atoms with Crippen LogP contribution in [0.1, 0.15) is 25.0 Å². The van der Waals surface area contributed by atoms with Crippen LogP contribution in [0.4, 0.5) is 23.7 Å². The number of urea groups is 1. The molecule has 0 fully saturated rings. The minimum Gasteiger partial charge on any atom is -0.389 e. The Morgan fingerprint density at radius 1 is 1.33 bits per heavy atom. The van der Waals surface area contributed by atoms with Gasteiger partial charge >= 0.3 is 12.2 Å². The lowest BCUT2D eigenvalue weighted by molar-refractivity contribution is -0.137. The Morgan fingerprint density at radius 2 is 1.90 bits per heavy atom. The number of benzene rings is 1. The van der Waals surface area contributed by atoms with Gasteiger partial charge in [-0.2, -0.15) is 13.2 Å². The number of likely N-dealkylation sites (N-methyl/N-ethyl adjacent to an activating group) is 1. The minimum atomic E-state index is -4.47. The zero-order valence-electron chi connectivity index (χ0n) is 12.4. The molecule has 1 aromatic carbocycles. The summed E-state index contributed by atoms with van der Waals surface area (Å²) < 4.78 is 38.0. The number of anilines is 1. The molecule has 0 saturated heterocycles. The molecular weight excluding hydrogens is 285 g/mol. The van der Waals surface area contributed by atoms with Crippen molar-refractivity contribution in [3.05, 3.63) is 29.3 Å². The van der Waals surface area contributed by atoms with Gasteiger partial charge in [-0.25, -0.2) is 4.79 Å². The molecule has 0 saturated carbocycles. The van der Waals surface area contributed by atoms with Gasteiger partial charge in [-0.1, -0.05) is 6.07 Å². The molecule has 0 radical (unpaired) electrons. The minimum absolute atomic E-state index is 0.0524. The number of carbonyl (C=O) groups is 1. The summed E-state index contributed by atoms with van der Waals surface area (Å²) in [6, 6.07) is 2.57. The summed E-state index contributed by atoms with van der Waals surface area (Å²) in [6.45, 7) is 4.72. The summed E-state index contributed by atoms with van der Waals surface area (Å²) in [5.41, 5.74) is -1.30. The van der Waals surface area contributed by atoms with Crippen LogP contribution in [-0.4, -0.2) is 35.2 Å². The summed E-state index contributed by atoms with van der Waals surface area (Å²) in [5.74, 6) is 0. The first-order chi connectivity index (χ1) is 9.40. The topological polar surface area (TPSA) is 52.6 Å². The van der Waals surface area contributed by atoms with Gasteiger partial charge in [0.1, 0.15) is 0 Å². The molecule has 2 amide bonds. The molecule has 0 bridgehead atoms. The summed E-state index contributed by atoms with van der Waals surface area (Å²) >= 11 is 0. The van der Waals surface area contributed by atoms with Crippen LogP contribution in [0.3, 0.4) is 0 Å². The Kier molecular flexibility index (Phi) is 4.88. The van der Waals surface area contributed by atoms with Crippen LogP contribution < -0.4 is 5.32 Å². The molecule has 118 valence electrons. The van der Waals surface area contributed by atoms with Crippen LogP contribution in [-0.2, 0) is 6.18 Å². The number of aryl methyl sites for hydroxylation is 1. The van der Waals surface area contributed by atoms with Gasteiger partial charge in [0.2, 0.25) is 0 Å². The summed E-state index contributed by atoms with van der Waals surface area (Å²) in [6.07, 6.45) is -4.47. The third-order valence-electron chi connectivity index (χ3n) is 2.78. The molecule has 0 unspecified atom stereocenters. The fourth-order valence-electron chi connectivity index (χ4n) is 1.80. The summed E-state index contributed by atoms with van der Waals surface area (Å²) in [4.78, 5) is 13.1. The fraction of sp³-hybridized carbons (Fsp3) is 0.500. The second-order valence-corrected chi connectivity index (χ2v) is 5.63. The van der Waals surface area contributed by atoms with E-state index in [1.807, 2.05) is 0 Å². The fourth-order valence-corrected chi connectivity index (χ4v) is 1.80. The van der Waals surface area contributed by atoms with Crippen molar-refractivity contribution in [2.75, 3.05) is 18.9 Å². The maximum Gasteiger partial charge on any atom is 0.416 e. The van der Waals surface area contributed by atoms with Gasteiger partial charge in [0.15, 0.2) is 0 Å². The van der Waals surface area contributed by atoms with Crippen molar-refractivity contribution >= 4 is 11.7 Å². The first-order valence-electron chi connectivity index (χ1n) is 6.32. The molecular formula is C14H19F3N2O2. The number of rotatable bonds is 3. The first-order valence-corrected chi connectivity index (χ1v) is 6.32. The molecule has 7 heteroatoms. The number of alkyl halides is 3. The Morgan fingerprint density at radius 3 is 2.38 bits per heavy atom. The molecule has 0 aromatic heterocycles. The van der Waals surface area contributed by atoms with Crippen molar-refractivity contribution < 1.29 is 23.1 Å². The monoisotopic (exact) mass is 304 g/mol. The zero-order valence-corrected chi connectivity index (χ0v) is 12.4. The first kappa shape index (κ1) is 17.3. The lowest BCUT2D eigenvalue weighted by atomic mass is 10.1. The van der Waals surface area contributed by atoms with Crippen LogP contribution in [0.25, 0.3) is 0 Å². The third kappa shape index (κ3) is 5.26. The SMILES string of the molecule is Cc1ccc(C(F)(F)F)cc1NC(=O)N(C)CC(C)(C)O. The van der Waals surface area contributed by atoms with E-state index in [1.54, 1.807) is 6.92 Å². The van der Waals surface area contributed by atoms with E-state index in [9.17, 15) is 23.1 Å². The Labute approximate surface area is 121 Å². The molecule has 0 aliphatic rings. The van der Waals surface area contributed by atoms with Crippen LogP contribution in [0.5, 0.6) is 0 Å². The molecule has 4 nitrogen and oxygen atoms in total. The standard InChI is InChI=1S/C14H19F3N2O2/c1-9-5-6-10(14(15,16)17)7-11(9)18-12(20)19(4)8-13(2,3)21/h5-7,21H,8H2,1-4H3,(H,18,20). The highest BCUT2D eigenvalue weighted by atomic mass is 19.4. The molecule has 0 atom stereocenters. The van der Waals surface area contributed by atoms with E-state index in [1.165, 1.54) is 31.9 Å². The van der Waals surface area contributed by atoms with Crippen LogP contribution in [0.2, 0.25) is 0 Å². The van der Waals surface area contributed by atoms with E-state index >= 15 is 0 Å². The molecule has 21 heavy (non-hydrogen) atoms. The van der Waals surface area contributed by atoms with Gasteiger partial charge in [-0.3, -0.25) is 0 Å². The number of hydrogen-bond acceptors (Lipinski definition) is 2. The van der Waals surface area contributed by atoms with Crippen molar-refractivity contribution in [2.24, 2.45) is 0 Å². The summed E-state index contributed by atoms with van der Waals surface area (Å²) in [7, 11) is 1.45. The lowest BCUT2D eigenvalue weighted by Crippen LogP contribution is -2.41. The average molecular weight is 304 g/mol. The van der Waals surface area contributed by atoms with Gasteiger partial charge in [-0.05, 0) is 38.5 Å². The Balaban J connectivity index is 2.90. The number of amides is 2. The van der Waals surface area contributed by atoms with Gasteiger partial charge in [0.25, 0.3) is 0 Å². The number of nitrogens with one attached hydrogen (secondary N) is 1. The van der Waals surface area contributed by atoms with E-state index in [2.05, 4.69) is 5.32 Å². The Hall–Kier alpha value is -1.76. The molecule has 0 aliphatic carbocycles. The number of nitrogens with zero attached hydrogens (tertiary/aromatic N) is 1. The van der Waals surface area contributed by atoms with Crippen LogP contribution in [0.15, 0.2) is 18.2 Å². The molecule has 0 aliphatic heterocycles. The summed E-state index contributed by atoms with van der Waals surface area (Å²) in [5, 5.41) is 12.1. The Bertz CT molecular complexity index is 522. The highest BCUT2D eigenvalue weighted by molar-refractivity contribution is 5.90. The second-order valence-electron chi connectivity index (χ2n) is 5.63. The van der Waals surface area contributed by atoms with Crippen molar-refractivity contribution in [3.63, 3.8) is 0 Å². The van der Waals surface area contributed by atoms with Gasteiger partial charge < -0.3 is 15.3 Å². The molecule has 2 N–H and O–H groups in total. The van der Waals surface area contributed by atoms with Crippen LogP contribution >= 0.6 is 0 Å². The maximum atomic E-state index is 12.7. The van der Waals surface area contributed by atoms with Crippen LogP contribution in [0, 0.1) is 6.92 Å². The van der Waals surface area contributed by atoms with Crippen molar-refractivity contribution in [2.45, 2.75) is 32.5 Å². The van der Waals surface area contributed by atoms with Gasteiger partial charge in [-0.15, -0.1) is 0 Å². The molecule has 0 spiro atoms. The van der Waals surface area contributed by atoms with Gasteiger partial charge in [0, 0.05) is 12.7 Å². The smallest absolute Gasteiger partial charge is 0.389 e. The van der Waals surface area contributed by atoms with E-state index in [0.29, 0.717) is 5.56 Å². The lowest BCUT2D eigenvalue weighted by Gasteiger charge is -2.26. The average Bonchev–Trinajstić information content (AvgIpc) is 2.28. The predicted octanol–water partition coefficient (Wildman–Crippen LogP) is 3.25. The number of carbonyl (C=O) groups excluding carboxylic acids is 1. The number of halogens is 3. The number of hydrogen-bond donors (Lipinski definition) is 2. The van der Waals surface area contributed by atoms with Crippen molar-refractivity contribution in [3.8, 4) is 0 Å². The van der Waals surface area contributed by atoms with Crippen molar-refractivity contribution in [1.82, 2.24) is 4.90 Å². The second kappa shape index (κ2) is 5.93. The predicted molar refractivity (Wildman–Crippen MR) is 74.1 cm³/mol. The molecule has 1 aromatic rings. The van der Waals surface area contributed by atoms with E-state index in [-0.39, 0.29) is 12.2 Å². The number of aliphatic hydroxyl groups is 1. The highest BCUT2D eigenvalue weighted by Gasteiger charge is 2.31. The molecule has 0 heterocycles. The molecule has 1 rings (SSSR count). The normalized spacial score (nSPS) is 12.2. The zero-order chi connectivity index (χ0) is 16.4. The maximum absolute atomic E-state index is 12.7. The van der Waals surface area contributed by atoms with Crippen molar-refractivity contribution in [1.29, 1.82) is 0 Å². The van der Waals surface area contributed by atoms with E-state index in [0.717, 1.165) is 12.1 Å². The van der Waals surface area contributed by atoms with E-state index < -0.39 is 23.4 Å². The highest BCUT2D eigenvalue weighted by Crippen LogP contribution is 2.32. The van der Waals surface area contributed by atoms with Gasteiger partial charge in [0.05, 0.1) is 17.7 Å². The third-order valence-corrected chi connectivity index (χ3v) is 2.78. The van der Waals surface area contributed by atoms with E-state index in [4.69, 9.17) is 0 Å².